The molecular weight excluding hydrogens is 482 g/mol. The Kier molecular flexibility index (Phi) is 6.09. The van der Waals surface area contributed by atoms with Crippen molar-refractivity contribution in [2.45, 2.75) is 25.7 Å². The summed E-state index contributed by atoms with van der Waals surface area (Å²) < 4.78 is 57.1. The summed E-state index contributed by atoms with van der Waals surface area (Å²) in [5, 5.41) is 6.10. The highest BCUT2D eigenvalue weighted by atomic mass is 32.2. The van der Waals surface area contributed by atoms with E-state index in [0.29, 0.717) is 10.9 Å². The highest BCUT2D eigenvalue weighted by molar-refractivity contribution is 7.92. The number of aromatic nitrogens is 2. The molecule has 34 heavy (non-hydrogen) atoms. The molecule has 0 aliphatic carbocycles. The number of sulfonamides is 1. The number of hydrogen-bond donors (Lipinski definition) is 2. The smallest absolute Gasteiger partial charge is 0.262 e. The van der Waals surface area contributed by atoms with Gasteiger partial charge in [-0.3, -0.25) is 14.8 Å². The van der Waals surface area contributed by atoms with Crippen molar-refractivity contribution in [1.82, 2.24) is 9.97 Å². The zero-order valence-electron chi connectivity index (χ0n) is 18.4. The van der Waals surface area contributed by atoms with Crippen LogP contribution in [0, 0.1) is 17.0 Å². The molecule has 0 aliphatic heterocycles. The first-order valence-corrected chi connectivity index (χ1v) is 12.5. The van der Waals surface area contributed by atoms with Crippen LogP contribution in [0.2, 0.25) is 0 Å². The summed E-state index contributed by atoms with van der Waals surface area (Å²) >= 11 is 1.18. The maximum atomic E-state index is 15.3. The third kappa shape index (κ3) is 4.75. The van der Waals surface area contributed by atoms with Gasteiger partial charge in [-0.15, -0.1) is 0 Å². The Hall–Kier alpha value is -3.44. The average Bonchev–Trinajstić information content (AvgIpc) is 3.31. The third-order valence-electron chi connectivity index (χ3n) is 4.92. The third-order valence-corrected chi connectivity index (χ3v) is 7.11. The number of rotatable bonds is 5. The van der Waals surface area contributed by atoms with Gasteiger partial charge in [0.05, 0.1) is 21.7 Å². The zero-order valence-corrected chi connectivity index (χ0v) is 20.0. The predicted octanol–water partition coefficient (Wildman–Crippen LogP) is 5.42. The largest absolute Gasteiger partial charge is 0.294 e. The van der Waals surface area contributed by atoms with Crippen molar-refractivity contribution in [2.24, 2.45) is 5.41 Å². The van der Waals surface area contributed by atoms with Crippen molar-refractivity contribution in [2.75, 3.05) is 10.0 Å². The van der Waals surface area contributed by atoms with Crippen LogP contribution in [0.5, 0.6) is 0 Å². The number of halogens is 2. The lowest BCUT2D eigenvalue weighted by molar-refractivity contribution is -0.123. The van der Waals surface area contributed by atoms with E-state index in [0.717, 1.165) is 12.1 Å². The molecule has 0 bridgehead atoms. The van der Waals surface area contributed by atoms with Crippen LogP contribution < -0.4 is 10.0 Å². The molecule has 0 atom stereocenters. The van der Waals surface area contributed by atoms with Crippen molar-refractivity contribution in [3.8, 4) is 11.1 Å². The summed E-state index contributed by atoms with van der Waals surface area (Å²) in [4.78, 5) is 20.5. The molecule has 11 heteroatoms. The molecule has 4 aromatic rings. The van der Waals surface area contributed by atoms with E-state index in [1.165, 1.54) is 41.1 Å². The second-order valence-corrected chi connectivity index (χ2v) is 11.0. The van der Waals surface area contributed by atoms with Crippen molar-refractivity contribution in [3.05, 3.63) is 65.0 Å². The summed E-state index contributed by atoms with van der Waals surface area (Å²) in [6, 6.07) is 7.91. The zero-order chi connectivity index (χ0) is 24.7. The van der Waals surface area contributed by atoms with Gasteiger partial charge in [0.25, 0.3) is 10.0 Å². The number of carbonyl (C=O) groups is 1. The number of fused-ring (bicyclic) bond motifs is 1. The van der Waals surface area contributed by atoms with Crippen LogP contribution in [0.25, 0.3) is 22.0 Å². The van der Waals surface area contributed by atoms with Gasteiger partial charge < -0.3 is 0 Å². The molecule has 2 aromatic carbocycles. The number of anilines is 2. The molecule has 0 spiro atoms. The topological polar surface area (TPSA) is 101 Å². The van der Waals surface area contributed by atoms with E-state index in [9.17, 15) is 17.6 Å². The molecule has 1 amide bonds. The number of nitrogens with one attached hydrogen (secondary N) is 2. The fourth-order valence-electron chi connectivity index (χ4n) is 3.04. The summed E-state index contributed by atoms with van der Waals surface area (Å²) in [5.41, 5.74) is -0.767. The highest BCUT2D eigenvalue weighted by Crippen LogP contribution is 2.33. The molecule has 4 rings (SSSR count). The van der Waals surface area contributed by atoms with E-state index in [-0.39, 0.29) is 28.0 Å². The minimum absolute atomic E-state index is 0.0139. The molecule has 2 N–H and O–H groups in total. The first-order valence-electron chi connectivity index (χ1n) is 10.1. The fraction of sp³-hybridized carbons (Fsp3) is 0.174. The van der Waals surface area contributed by atoms with E-state index in [2.05, 4.69) is 20.0 Å². The summed E-state index contributed by atoms with van der Waals surface area (Å²) in [6.45, 7) is 5.27. The van der Waals surface area contributed by atoms with Crippen LogP contribution in [0.4, 0.5) is 20.4 Å². The quantitative estimate of drug-likeness (QED) is 0.379. The Morgan fingerprint density at radius 2 is 1.85 bits per heavy atom. The number of carbonyl (C=O) groups excluding carboxylic acids is 1. The van der Waals surface area contributed by atoms with Gasteiger partial charge in [0.2, 0.25) is 11.9 Å². The Labute approximate surface area is 198 Å². The Balaban J connectivity index is 1.69. The molecule has 176 valence electrons. The lowest BCUT2D eigenvalue weighted by atomic mass is 9.96. The molecule has 0 aliphatic rings. The summed E-state index contributed by atoms with van der Waals surface area (Å²) in [7, 11) is -4.02. The SMILES string of the molecule is CC(C)(C)C(=O)Nc1ncc2cc(-c3c(F)ccc(NS(=O)(=O)c4ccsc4)c3F)ccc2n1. The highest BCUT2D eigenvalue weighted by Gasteiger charge is 2.23. The van der Waals surface area contributed by atoms with Gasteiger partial charge in [0, 0.05) is 22.4 Å². The van der Waals surface area contributed by atoms with Gasteiger partial charge in [0.15, 0.2) is 5.82 Å². The molecule has 2 aromatic heterocycles. The molecule has 0 saturated heterocycles. The minimum Gasteiger partial charge on any atom is -0.294 e. The maximum absolute atomic E-state index is 15.3. The standard InChI is InChI=1S/C23H20F2N4O3S2/c1-23(2,3)21(30)28-22-26-11-14-10-13(4-6-17(14)27-22)19-16(24)5-7-18(20(19)25)29-34(31,32)15-8-9-33-12-15/h4-12,29H,1-3H3,(H,26,27,28,30). The predicted molar refractivity (Wildman–Crippen MR) is 128 cm³/mol. The van der Waals surface area contributed by atoms with Gasteiger partial charge in [-0.1, -0.05) is 26.8 Å². The normalized spacial score (nSPS) is 12.0. The Morgan fingerprint density at radius 1 is 1.09 bits per heavy atom. The molecule has 0 unspecified atom stereocenters. The van der Waals surface area contributed by atoms with Crippen LogP contribution >= 0.6 is 11.3 Å². The number of amides is 1. The van der Waals surface area contributed by atoms with Crippen LogP contribution in [0.15, 0.2) is 58.3 Å². The number of nitrogens with zero attached hydrogens (tertiary/aromatic N) is 2. The van der Waals surface area contributed by atoms with Gasteiger partial charge in [0.1, 0.15) is 5.82 Å². The molecule has 0 fully saturated rings. The number of thiophene rings is 1. The van der Waals surface area contributed by atoms with Crippen LogP contribution in [0.3, 0.4) is 0 Å². The van der Waals surface area contributed by atoms with Crippen LogP contribution in [0.1, 0.15) is 20.8 Å². The van der Waals surface area contributed by atoms with E-state index >= 15 is 4.39 Å². The average molecular weight is 503 g/mol. The van der Waals surface area contributed by atoms with E-state index < -0.39 is 32.6 Å². The second-order valence-electron chi connectivity index (χ2n) is 8.52. The van der Waals surface area contributed by atoms with Gasteiger partial charge >= 0.3 is 0 Å². The molecule has 0 radical (unpaired) electrons. The number of benzene rings is 2. The van der Waals surface area contributed by atoms with Gasteiger partial charge in [-0.25, -0.2) is 27.2 Å². The van der Waals surface area contributed by atoms with Crippen molar-refractivity contribution >= 4 is 49.8 Å². The summed E-state index contributed by atoms with van der Waals surface area (Å²) in [6.07, 6.45) is 1.43. The summed E-state index contributed by atoms with van der Waals surface area (Å²) in [5.74, 6) is -2.05. The Bertz CT molecular complexity index is 1500. The van der Waals surface area contributed by atoms with E-state index in [1.807, 2.05) is 0 Å². The molecule has 7 nitrogen and oxygen atoms in total. The molecule has 2 heterocycles. The maximum Gasteiger partial charge on any atom is 0.262 e. The second kappa shape index (κ2) is 8.73. The van der Waals surface area contributed by atoms with Gasteiger partial charge in [-0.2, -0.15) is 11.3 Å². The lowest BCUT2D eigenvalue weighted by Crippen LogP contribution is -2.28. The van der Waals surface area contributed by atoms with E-state index in [4.69, 9.17) is 0 Å². The van der Waals surface area contributed by atoms with Crippen LogP contribution in [-0.2, 0) is 14.8 Å². The monoisotopic (exact) mass is 502 g/mol. The fourth-order valence-corrected chi connectivity index (χ4v) is 5.13. The van der Waals surface area contributed by atoms with Crippen molar-refractivity contribution in [1.29, 1.82) is 0 Å². The molecular formula is C23H20F2N4O3S2. The van der Waals surface area contributed by atoms with E-state index in [1.54, 1.807) is 32.2 Å². The number of hydrogen-bond acceptors (Lipinski definition) is 6. The van der Waals surface area contributed by atoms with Gasteiger partial charge in [-0.05, 0) is 41.3 Å². The first-order chi connectivity index (χ1) is 16.0. The lowest BCUT2D eigenvalue weighted by Gasteiger charge is -2.16. The van der Waals surface area contributed by atoms with Crippen molar-refractivity contribution in [3.63, 3.8) is 0 Å². The first kappa shape index (κ1) is 23.7. The van der Waals surface area contributed by atoms with Crippen molar-refractivity contribution < 1.29 is 22.0 Å². The minimum atomic E-state index is -4.02. The molecule has 0 saturated carbocycles. The Morgan fingerprint density at radius 3 is 2.53 bits per heavy atom. The van der Waals surface area contributed by atoms with Crippen LogP contribution in [-0.4, -0.2) is 24.3 Å².